The van der Waals surface area contributed by atoms with Gasteiger partial charge in [0.1, 0.15) is 10.7 Å². The number of hydrogen-bond acceptors (Lipinski definition) is 4. The molecule has 0 radical (unpaired) electrons. The third-order valence-electron chi connectivity index (χ3n) is 5.27. The highest BCUT2D eigenvalue weighted by molar-refractivity contribution is 7.13. The highest BCUT2D eigenvalue weighted by Gasteiger charge is 2.24. The fourth-order valence-electron chi connectivity index (χ4n) is 3.54. The molecule has 0 saturated carbocycles. The molecule has 0 bridgehead atoms. The van der Waals surface area contributed by atoms with Gasteiger partial charge in [-0.2, -0.15) is 0 Å². The number of amides is 1. The Morgan fingerprint density at radius 2 is 1.82 bits per heavy atom. The number of nitrogens with zero attached hydrogens (tertiary/aromatic N) is 3. The summed E-state index contributed by atoms with van der Waals surface area (Å²) in [6, 6.07) is 17.0. The Bertz CT molecular complexity index is 956. The second kappa shape index (κ2) is 8.15. The maximum absolute atomic E-state index is 12.9. The van der Waals surface area contributed by atoms with Crippen molar-refractivity contribution in [3.05, 3.63) is 70.7 Å². The van der Waals surface area contributed by atoms with E-state index in [2.05, 4.69) is 72.3 Å². The molecule has 144 valence electrons. The molecule has 2 aromatic carbocycles. The van der Waals surface area contributed by atoms with Gasteiger partial charge in [0, 0.05) is 42.8 Å². The number of carbonyl (C=O) groups excluding carboxylic acids is 1. The zero-order valence-electron chi connectivity index (χ0n) is 16.4. The zero-order valence-corrected chi connectivity index (χ0v) is 17.2. The SMILES string of the molecule is CCc1ccc(-c2nc(C(=O)N3CCN(c4cccc(C)c4)CC3)cs2)cc1. The third kappa shape index (κ3) is 3.94. The lowest BCUT2D eigenvalue weighted by atomic mass is 10.1. The van der Waals surface area contributed by atoms with Gasteiger partial charge in [-0.1, -0.05) is 43.3 Å². The Labute approximate surface area is 170 Å². The molecule has 3 aromatic rings. The maximum Gasteiger partial charge on any atom is 0.273 e. The molecule has 1 amide bonds. The molecular weight excluding hydrogens is 366 g/mol. The van der Waals surface area contributed by atoms with Crippen LogP contribution in [0.2, 0.25) is 0 Å². The minimum atomic E-state index is 0.0385. The summed E-state index contributed by atoms with van der Waals surface area (Å²) in [6.07, 6.45) is 1.02. The average molecular weight is 392 g/mol. The number of piperazine rings is 1. The van der Waals surface area contributed by atoms with Gasteiger partial charge in [-0.05, 0) is 36.6 Å². The van der Waals surface area contributed by atoms with Crippen LogP contribution in [0.15, 0.2) is 53.9 Å². The van der Waals surface area contributed by atoms with Crippen LogP contribution in [0.25, 0.3) is 10.6 Å². The molecule has 1 fully saturated rings. The predicted molar refractivity (Wildman–Crippen MR) is 116 cm³/mol. The number of carbonyl (C=O) groups is 1. The molecule has 0 N–H and O–H groups in total. The second-order valence-electron chi connectivity index (χ2n) is 7.21. The standard InChI is InChI=1S/C23H25N3OS/c1-3-18-7-9-19(10-8-18)22-24-21(16-28-22)23(27)26-13-11-25(12-14-26)20-6-4-5-17(2)15-20/h4-10,15-16H,3,11-14H2,1-2H3. The second-order valence-corrected chi connectivity index (χ2v) is 8.06. The van der Waals surface area contributed by atoms with Gasteiger partial charge in [0.05, 0.1) is 0 Å². The van der Waals surface area contributed by atoms with Gasteiger partial charge in [-0.15, -0.1) is 11.3 Å². The highest BCUT2D eigenvalue weighted by Crippen LogP contribution is 2.25. The normalized spacial score (nSPS) is 14.4. The maximum atomic E-state index is 12.9. The molecule has 1 aliphatic heterocycles. The van der Waals surface area contributed by atoms with Crippen LogP contribution in [0, 0.1) is 6.92 Å². The molecule has 0 spiro atoms. The highest BCUT2D eigenvalue weighted by atomic mass is 32.1. The summed E-state index contributed by atoms with van der Waals surface area (Å²) in [7, 11) is 0. The van der Waals surface area contributed by atoms with Crippen LogP contribution in [0.5, 0.6) is 0 Å². The van der Waals surface area contributed by atoms with Crippen LogP contribution >= 0.6 is 11.3 Å². The molecule has 1 saturated heterocycles. The lowest BCUT2D eigenvalue weighted by molar-refractivity contribution is 0.0742. The quantitative estimate of drug-likeness (QED) is 0.650. The molecular formula is C23H25N3OS. The first-order chi connectivity index (χ1) is 13.6. The average Bonchev–Trinajstić information content (AvgIpc) is 3.24. The van der Waals surface area contributed by atoms with Gasteiger partial charge in [0.25, 0.3) is 5.91 Å². The summed E-state index contributed by atoms with van der Waals surface area (Å²) in [5.74, 6) is 0.0385. The van der Waals surface area contributed by atoms with E-state index in [1.807, 2.05) is 10.3 Å². The Morgan fingerprint density at radius 3 is 2.50 bits per heavy atom. The van der Waals surface area contributed by atoms with Crippen molar-refractivity contribution in [2.24, 2.45) is 0 Å². The van der Waals surface area contributed by atoms with Crippen LogP contribution in [0.4, 0.5) is 5.69 Å². The minimum Gasteiger partial charge on any atom is -0.368 e. The van der Waals surface area contributed by atoms with E-state index in [-0.39, 0.29) is 5.91 Å². The van der Waals surface area contributed by atoms with Crippen LogP contribution < -0.4 is 4.90 Å². The molecule has 1 aliphatic rings. The predicted octanol–water partition coefficient (Wildman–Crippen LogP) is 4.64. The summed E-state index contributed by atoms with van der Waals surface area (Å²) in [6.45, 7) is 7.41. The molecule has 1 aromatic heterocycles. The lowest BCUT2D eigenvalue weighted by Gasteiger charge is -2.36. The van der Waals surface area contributed by atoms with E-state index >= 15 is 0 Å². The van der Waals surface area contributed by atoms with E-state index in [1.165, 1.54) is 28.2 Å². The Balaban J connectivity index is 1.41. The van der Waals surface area contributed by atoms with Gasteiger partial charge in [-0.25, -0.2) is 4.98 Å². The topological polar surface area (TPSA) is 36.4 Å². The lowest BCUT2D eigenvalue weighted by Crippen LogP contribution is -2.48. The van der Waals surface area contributed by atoms with Gasteiger partial charge in [0.2, 0.25) is 0 Å². The van der Waals surface area contributed by atoms with E-state index in [4.69, 9.17) is 0 Å². The first-order valence-electron chi connectivity index (χ1n) is 9.80. The molecule has 0 aliphatic carbocycles. The number of benzene rings is 2. The van der Waals surface area contributed by atoms with Gasteiger partial charge < -0.3 is 9.80 Å². The van der Waals surface area contributed by atoms with Crippen molar-refractivity contribution in [2.75, 3.05) is 31.1 Å². The monoisotopic (exact) mass is 391 g/mol. The van der Waals surface area contributed by atoms with Crippen molar-refractivity contribution in [1.29, 1.82) is 0 Å². The van der Waals surface area contributed by atoms with Gasteiger partial charge in [-0.3, -0.25) is 4.79 Å². The van der Waals surface area contributed by atoms with E-state index < -0.39 is 0 Å². The van der Waals surface area contributed by atoms with Crippen LogP contribution in [-0.2, 0) is 6.42 Å². The number of hydrogen-bond donors (Lipinski definition) is 0. The van der Waals surface area contributed by atoms with E-state index in [0.29, 0.717) is 5.69 Å². The van der Waals surface area contributed by atoms with Crippen molar-refractivity contribution >= 4 is 22.9 Å². The first kappa shape index (κ1) is 18.7. The molecule has 0 unspecified atom stereocenters. The number of aryl methyl sites for hydroxylation is 2. The molecule has 0 atom stereocenters. The van der Waals surface area contributed by atoms with Crippen molar-refractivity contribution in [3.8, 4) is 10.6 Å². The van der Waals surface area contributed by atoms with E-state index in [1.54, 1.807) is 0 Å². The number of anilines is 1. The molecule has 5 heteroatoms. The molecule has 4 rings (SSSR count). The Hall–Kier alpha value is -2.66. The fraction of sp³-hybridized carbons (Fsp3) is 0.304. The zero-order chi connectivity index (χ0) is 19.5. The molecule has 28 heavy (non-hydrogen) atoms. The van der Waals surface area contributed by atoms with Crippen LogP contribution in [0.1, 0.15) is 28.5 Å². The van der Waals surface area contributed by atoms with Crippen molar-refractivity contribution in [2.45, 2.75) is 20.3 Å². The number of rotatable bonds is 4. The van der Waals surface area contributed by atoms with Crippen LogP contribution in [-0.4, -0.2) is 42.0 Å². The van der Waals surface area contributed by atoms with E-state index in [9.17, 15) is 4.79 Å². The summed E-state index contributed by atoms with van der Waals surface area (Å²) < 4.78 is 0. The smallest absolute Gasteiger partial charge is 0.273 e. The summed E-state index contributed by atoms with van der Waals surface area (Å²) in [4.78, 5) is 21.8. The summed E-state index contributed by atoms with van der Waals surface area (Å²) in [5.41, 5.74) is 5.44. The van der Waals surface area contributed by atoms with Crippen molar-refractivity contribution in [3.63, 3.8) is 0 Å². The Kier molecular flexibility index (Phi) is 5.44. The molecule has 4 nitrogen and oxygen atoms in total. The van der Waals surface area contributed by atoms with E-state index in [0.717, 1.165) is 43.2 Å². The van der Waals surface area contributed by atoms with Crippen LogP contribution in [0.3, 0.4) is 0 Å². The summed E-state index contributed by atoms with van der Waals surface area (Å²) in [5, 5.41) is 2.79. The number of thiazole rings is 1. The number of aromatic nitrogens is 1. The van der Waals surface area contributed by atoms with Gasteiger partial charge >= 0.3 is 0 Å². The first-order valence-corrected chi connectivity index (χ1v) is 10.7. The van der Waals surface area contributed by atoms with Crippen molar-refractivity contribution in [1.82, 2.24) is 9.88 Å². The van der Waals surface area contributed by atoms with Crippen molar-refractivity contribution < 1.29 is 4.79 Å². The summed E-state index contributed by atoms with van der Waals surface area (Å²) >= 11 is 1.54. The largest absolute Gasteiger partial charge is 0.368 e. The minimum absolute atomic E-state index is 0.0385. The fourth-order valence-corrected chi connectivity index (χ4v) is 4.34. The Morgan fingerprint density at radius 1 is 1.07 bits per heavy atom. The molecule has 2 heterocycles. The van der Waals surface area contributed by atoms with Gasteiger partial charge in [0.15, 0.2) is 0 Å². The third-order valence-corrected chi connectivity index (χ3v) is 6.16.